The predicted octanol–water partition coefficient (Wildman–Crippen LogP) is 1.32. The van der Waals surface area contributed by atoms with E-state index in [4.69, 9.17) is 15.6 Å². The van der Waals surface area contributed by atoms with E-state index < -0.39 is 5.97 Å². The number of nitrogens with zero attached hydrogens (tertiary/aromatic N) is 4. The minimum absolute atomic E-state index is 0.144. The molecule has 112 valence electrons. The number of hydrogen-bond acceptors (Lipinski definition) is 6. The molecule has 0 fully saturated rings. The van der Waals surface area contributed by atoms with Crippen molar-refractivity contribution in [2.75, 3.05) is 12.8 Å². The first kappa shape index (κ1) is 13.8. The molecule has 0 saturated carbocycles. The molecule has 2 heterocycles. The summed E-state index contributed by atoms with van der Waals surface area (Å²) < 4.78 is 6.87. The van der Waals surface area contributed by atoms with Crippen LogP contribution < -0.4 is 10.5 Å². The van der Waals surface area contributed by atoms with Crippen LogP contribution in [0.4, 0.5) is 5.95 Å². The topological polar surface area (TPSA) is 116 Å². The number of hydrogen-bond donors (Lipinski definition) is 2. The Morgan fingerprint density at radius 3 is 2.86 bits per heavy atom. The highest BCUT2D eigenvalue weighted by molar-refractivity contribution is 5.96. The number of aryl methyl sites for hydroxylation is 1. The van der Waals surface area contributed by atoms with Gasteiger partial charge >= 0.3 is 5.97 Å². The Kier molecular flexibility index (Phi) is 3.13. The lowest BCUT2D eigenvalue weighted by molar-refractivity contribution is 0.0697. The Morgan fingerprint density at radius 1 is 1.41 bits per heavy atom. The summed E-state index contributed by atoms with van der Waals surface area (Å²) in [5, 5.41) is 14.2. The van der Waals surface area contributed by atoms with Gasteiger partial charge in [-0.15, -0.1) is 0 Å². The SMILES string of the molecule is COc1ccc(C(=O)O)cc1-c1nn(C)c2nc(N)ncc12. The van der Waals surface area contributed by atoms with Crippen molar-refractivity contribution in [3.63, 3.8) is 0 Å². The molecule has 2 aromatic heterocycles. The number of nitrogens with two attached hydrogens (primary N) is 1. The van der Waals surface area contributed by atoms with Crippen molar-refractivity contribution in [1.29, 1.82) is 0 Å². The van der Waals surface area contributed by atoms with Crippen LogP contribution in [0.3, 0.4) is 0 Å². The number of carbonyl (C=O) groups is 1. The molecule has 1 aromatic carbocycles. The van der Waals surface area contributed by atoms with Gasteiger partial charge in [-0.25, -0.2) is 14.5 Å². The van der Waals surface area contributed by atoms with Gasteiger partial charge in [0.05, 0.1) is 18.1 Å². The Bertz CT molecular complexity index is 888. The number of benzene rings is 1. The molecule has 3 aromatic rings. The molecule has 8 nitrogen and oxygen atoms in total. The molecule has 0 amide bonds. The van der Waals surface area contributed by atoms with Gasteiger partial charge in [0.2, 0.25) is 5.95 Å². The van der Waals surface area contributed by atoms with Crippen molar-refractivity contribution in [3.8, 4) is 17.0 Å². The highest BCUT2D eigenvalue weighted by Gasteiger charge is 2.18. The van der Waals surface area contributed by atoms with Crippen molar-refractivity contribution >= 4 is 23.0 Å². The van der Waals surface area contributed by atoms with E-state index in [2.05, 4.69) is 15.1 Å². The third-order valence-electron chi connectivity index (χ3n) is 3.30. The Labute approximate surface area is 125 Å². The number of anilines is 1. The van der Waals surface area contributed by atoms with Crippen molar-refractivity contribution in [3.05, 3.63) is 30.0 Å². The highest BCUT2D eigenvalue weighted by Crippen LogP contribution is 2.34. The molecule has 0 radical (unpaired) electrons. The van der Waals surface area contributed by atoms with Crippen LogP contribution in [0.2, 0.25) is 0 Å². The number of rotatable bonds is 3. The van der Waals surface area contributed by atoms with E-state index >= 15 is 0 Å². The monoisotopic (exact) mass is 299 g/mol. The van der Waals surface area contributed by atoms with Gasteiger partial charge in [-0.05, 0) is 18.2 Å². The maximum absolute atomic E-state index is 11.2. The maximum Gasteiger partial charge on any atom is 0.335 e. The van der Waals surface area contributed by atoms with Crippen LogP contribution in [-0.2, 0) is 7.05 Å². The molecule has 3 N–H and O–H groups in total. The van der Waals surface area contributed by atoms with Gasteiger partial charge in [0.25, 0.3) is 0 Å². The lowest BCUT2D eigenvalue weighted by Gasteiger charge is -2.07. The Balaban J connectivity index is 2.31. The lowest BCUT2D eigenvalue weighted by atomic mass is 10.1. The van der Waals surface area contributed by atoms with Gasteiger partial charge in [-0.1, -0.05) is 0 Å². The number of aromatic carboxylic acids is 1. The summed E-state index contributed by atoms with van der Waals surface area (Å²) in [6, 6.07) is 4.58. The normalized spacial score (nSPS) is 10.8. The first-order valence-corrected chi connectivity index (χ1v) is 6.38. The van der Waals surface area contributed by atoms with E-state index in [1.165, 1.54) is 19.2 Å². The van der Waals surface area contributed by atoms with Gasteiger partial charge in [0.15, 0.2) is 5.65 Å². The number of carboxylic acids is 1. The van der Waals surface area contributed by atoms with Crippen LogP contribution in [-0.4, -0.2) is 37.9 Å². The second kappa shape index (κ2) is 4.99. The highest BCUT2D eigenvalue weighted by atomic mass is 16.5. The molecule has 0 bridgehead atoms. The summed E-state index contributed by atoms with van der Waals surface area (Å²) in [6.07, 6.45) is 1.56. The van der Waals surface area contributed by atoms with E-state index in [9.17, 15) is 4.79 Å². The van der Waals surface area contributed by atoms with E-state index in [0.717, 1.165) is 0 Å². The van der Waals surface area contributed by atoms with E-state index in [1.807, 2.05) is 0 Å². The predicted molar refractivity (Wildman–Crippen MR) is 79.7 cm³/mol. The van der Waals surface area contributed by atoms with Gasteiger partial charge in [0, 0.05) is 18.8 Å². The van der Waals surface area contributed by atoms with E-state index in [-0.39, 0.29) is 11.5 Å². The number of ether oxygens (including phenoxy) is 1. The zero-order valence-corrected chi connectivity index (χ0v) is 11.9. The van der Waals surface area contributed by atoms with Crippen LogP contribution in [0.15, 0.2) is 24.4 Å². The van der Waals surface area contributed by atoms with Crippen LogP contribution in [0, 0.1) is 0 Å². The first-order valence-electron chi connectivity index (χ1n) is 6.38. The minimum atomic E-state index is -1.02. The molecule has 0 aliphatic heterocycles. The molecule has 22 heavy (non-hydrogen) atoms. The van der Waals surface area contributed by atoms with Gasteiger partial charge in [0.1, 0.15) is 11.4 Å². The fourth-order valence-electron chi connectivity index (χ4n) is 2.28. The fourth-order valence-corrected chi connectivity index (χ4v) is 2.28. The van der Waals surface area contributed by atoms with Crippen molar-refractivity contribution in [2.45, 2.75) is 0 Å². The average molecular weight is 299 g/mol. The minimum Gasteiger partial charge on any atom is -0.496 e. The molecule has 0 saturated heterocycles. The molecule has 0 aliphatic carbocycles. The third kappa shape index (κ3) is 2.10. The summed E-state index contributed by atoms with van der Waals surface area (Å²) in [5.74, 6) is -0.361. The van der Waals surface area contributed by atoms with Crippen LogP contribution in [0.5, 0.6) is 5.75 Å². The standard InChI is InChI=1S/C14H13N5O3/c1-19-12-9(6-16-14(15)17-12)11(18-19)8-5-7(13(20)21)3-4-10(8)22-2/h3-6H,1-2H3,(H,20,21)(H2,15,16,17). The maximum atomic E-state index is 11.2. The molecule has 8 heteroatoms. The zero-order chi connectivity index (χ0) is 15.9. The number of fused-ring (bicyclic) bond motifs is 1. The van der Waals surface area contributed by atoms with Crippen LogP contribution >= 0.6 is 0 Å². The second-order valence-corrected chi connectivity index (χ2v) is 4.66. The Hall–Kier alpha value is -3.16. The van der Waals surface area contributed by atoms with Crippen LogP contribution in [0.1, 0.15) is 10.4 Å². The summed E-state index contributed by atoms with van der Waals surface area (Å²) in [5.41, 5.74) is 7.40. The molecular weight excluding hydrogens is 286 g/mol. The molecular formula is C14H13N5O3. The smallest absolute Gasteiger partial charge is 0.335 e. The van der Waals surface area contributed by atoms with Gasteiger partial charge < -0.3 is 15.6 Å². The van der Waals surface area contributed by atoms with Gasteiger partial charge in [-0.3, -0.25) is 0 Å². The molecule has 3 rings (SSSR count). The molecule has 0 spiro atoms. The largest absolute Gasteiger partial charge is 0.496 e. The Morgan fingerprint density at radius 2 is 2.18 bits per heavy atom. The quantitative estimate of drug-likeness (QED) is 0.749. The molecule has 0 atom stereocenters. The molecule has 0 aliphatic rings. The van der Waals surface area contributed by atoms with Crippen molar-refractivity contribution < 1.29 is 14.6 Å². The molecule has 0 unspecified atom stereocenters. The van der Waals surface area contributed by atoms with Gasteiger partial charge in [-0.2, -0.15) is 10.1 Å². The van der Waals surface area contributed by atoms with Crippen molar-refractivity contribution in [1.82, 2.24) is 19.7 Å². The van der Waals surface area contributed by atoms with Crippen molar-refractivity contribution in [2.24, 2.45) is 7.05 Å². The summed E-state index contributed by atoms with van der Waals surface area (Å²) in [6.45, 7) is 0. The number of aromatic nitrogens is 4. The number of methoxy groups -OCH3 is 1. The van der Waals surface area contributed by atoms with E-state index in [1.54, 1.807) is 24.0 Å². The average Bonchev–Trinajstić information content (AvgIpc) is 2.83. The second-order valence-electron chi connectivity index (χ2n) is 4.66. The number of nitrogen functional groups attached to an aromatic ring is 1. The first-order chi connectivity index (χ1) is 10.5. The fraction of sp³-hybridized carbons (Fsp3) is 0.143. The summed E-state index contributed by atoms with van der Waals surface area (Å²) in [4.78, 5) is 19.3. The summed E-state index contributed by atoms with van der Waals surface area (Å²) in [7, 11) is 3.24. The third-order valence-corrected chi connectivity index (χ3v) is 3.30. The summed E-state index contributed by atoms with van der Waals surface area (Å²) >= 11 is 0. The van der Waals surface area contributed by atoms with Crippen LogP contribution in [0.25, 0.3) is 22.3 Å². The lowest BCUT2D eigenvalue weighted by Crippen LogP contribution is -1.98. The van der Waals surface area contributed by atoms with E-state index in [0.29, 0.717) is 28.0 Å². The zero-order valence-electron chi connectivity index (χ0n) is 11.9. The number of carboxylic acid groups (broad SMARTS) is 1.